The molecule has 0 bridgehead atoms. The van der Waals surface area contributed by atoms with Gasteiger partial charge in [0.25, 0.3) is 0 Å². The van der Waals surface area contributed by atoms with Crippen molar-refractivity contribution in [3.05, 3.63) is 88.5 Å². The molecule has 4 heterocycles. The SMILES string of the molecule is C/C(C#N)=c1\nnc(=c2ccc(=c3cc4sc(=C5N(C)c6cc(C)c(C)cc6N5C)cc4s3)cc2)s1. The van der Waals surface area contributed by atoms with Crippen LogP contribution in [0.2, 0.25) is 0 Å². The van der Waals surface area contributed by atoms with Crippen molar-refractivity contribution in [1.29, 1.82) is 5.26 Å². The second-order valence-corrected chi connectivity index (χ2v) is 12.2. The Morgan fingerprint density at radius 2 is 1.33 bits per heavy atom. The summed E-state index contributed by atoms with van der Waals surface area (Å²) in [5.41, 5.74) is 5.75. The van der Waals surface area contributed by atoms with Crippen LogP contribution in [-0.4, -0.2) is 24.3 Å². The second kappa shape index (κ2) is 8.56. The summed E-state index contributed by atoms with van der Waals surface area (Å²) >= 11 is 5.13. The smallest absolute Gasteiger partial charge is 0.154 e. The van der Waals surface area contributed by atoms with E-state index in [0.717, 1.165) is 9.88 Å². The number of nitrogens with zero attached hydrogens (tertiary/aromatic N) is 5. The largest absolute Gasteiger partial charge is 0.328 e. The minimum atomic E-state index is 0.593. The monoisotopic (exact) mass is 525 g/mol. The Bertz CT molecular complexity index is 1940. The molecule has 2 aromatic carbocycles. The zero-order valence-electron chi connectivity index (χ0n) is 20.6. The lowest BCUT2D eigenvalue weighted by Gasteiger charge is -2.17. The lowest BCUT2D eigenvalue weighted by molar-refractivity contribution is 1.03. The van der Waals surface area contributed by atoms with Gasteiger partial charge in [-0.3, -0.25) is 0 Å². The highest BCUT2D eigenvalue weighted by Crippen LogP contribution is 2.42. The summed E-state index contributed by atoms with van der Waals surface area (Å²) in [5.74, 6) is 1.23. The van der Waals surface area contributed by atoms with Crippen LogP contribution in [-0.2, 0) is 0 Å². The van der Waals surface area contributed by atoms with Crippen LogP contribution in [0.25, 0.3) is 20.8 Å². The summed E-state index contributed by atoms with van der Waals surface area (Å²) < 4.78 is 6.66. The quantitative estimate of drug-likeness (QED) is 0.273. The number of aryl methyl sites for hydroxylation is 2. The third kappa shape index (κ3) is 3.63. The highest BCUT2D eigenvalue weighted by atomic mass is 32.1. The van der Waals surface area contributed by atoms with Crippen LogP contribution in [0.15, 0.2) is 48.5 Å². The number of nitriles is 1. The number of thiophene rings is 2. The number of hydrogen-bond donors (Lipinski definition) is 0. The van der Waals surface area contributed by atoms with Gasteiger partial charge < -0.3 is 9.80 Å². The first-order valence-electron chi connectivity index (χ1n) is 11.5. The first-order valence-corrected chi connectivity index (χ1v) is 14.0. The number of aromatic nitrogens is 2. The molecule has 0 saturated heterocycles. The molecular weight excluding hydrogens is 503 g/mol. The van der Waals surface area contributed by atoms with Gasteiger partial charge in [0.1, 0.15) is 10.5 Å². The second-order valence-electron chi connectivity index (χ2n) is 9.04. The fourth-order valence-corrected chi connectivity index (χ4v) is 7.83. The summed E-state index contributed by atoms with van der Waals surface area (Å²) in [6.07, 6.45) is 0. The van der Waals surface area contributed by atoms with E-state index in [2.05, 4.69) is 103 Å². The van der Waals surface area contributed by atoms with E-state index in [1.165, 1.54) is 63.3 Å². The van der Waals surface area contributed by atoms with Gasteiger partial charge >= 0.3 is 0 Å². The third-order valence-corrected chi connectivity index (χ3v) is 10.1. The van der Waals surface area contributed by atoms with Crippen LogP contribution in [0.1, 0.15) is 18.1 Å². The molecule has 1 aliphatic rings. The number of hydrogen-bond acceptors (Lipinski definition) is 8. The predicted molar refractivity (Wildman–Crippen MR) is 151 cm³/mol. The minimum absolute atomic E-state index is 0.593. The molecule has 0 aliphatic carbocycles. The van der Waals surface area contributed by atoms with Gasteiger partial charge in [-0.2, -0.15) is 5.26 Å². The maximum absolute atomic E-state index is 9.09. The average molecular weight is 526 g/mol. The van der Waals surface area contributed by atoms with Crippen LogP contribution in [0.5, 0.6) is 0 Å². The van der Waals surface area contributed by atoms with Gasteiger partial charge in [-0.1, -0.05) is 35.6 Å². The zero-order chi connectivity index (χ0) is 25.1. The number of fused-ring (bicyclic) bond motifs is 2. The summed E-state index contributed by atoms with van der Waals surface area (Å²) in [7, 11) is 4.32. The van der Waals surface area contributed by atoms with Crippen molar-refractivity contribution in [2.75, 3.05) is 23.9 Å². The van der Waals surface area contributed by atoms with E-state index in [4.69, 9.17) is 5.26 Å². The molecule has 0 atom stereocenters. The Kier molecular flexibility index (Phi) is 5.45. The molecule has 0 amide bonds. The molecule has 6 rings (SSSR count). The molecule has 178 valence electrons. The van der Waals surface area contributed by atoms with E-state index < -0.39 is 0 Å². The molecule has 3 aromatic heterocycles. The van der Waals surface area contributed by atoms with E-state index in [-0.39, 0.29) is 0 Å². The summed E-state index contributed by atoms with van der Waals surface area (Å²) in [6, 6.07) is 19.8. The van der Waals surface area contributed by atoms with Gasteiger partial charge in [0.05, 0.1) is 27.5 Å². The molecule has 0 saturated carbocycles. The van der Waals surface area contributed by atoms with Gasteiger partial charge in [-0.25, -0.2) is 0 Å². The van der Waals surface area contributed by atoms with Gasteiger partial charge in [-0.15, -0.1) is 32.9 Å². The maximum atomic E-state index is 9.09. The topological polar surface area (TPSA) is 56.1 Å². The van der Waals surface area contributed by atoms with E-state index in [0.29, 0.717) is 10.2 Å². The maximum Gasteiger partial charge on any atom is 0.154 e. The zero-order valence-corrected chi connectivity index (χ0v) is 23.0. The van der Waals surface area contributed by atoms with E-state index in [1.54, 1.807) is 6.92 Å². The van der Waals surface area contributed by atoms with Crippen molar-refractivity contribution in [1.82, 2.24) is 10.2 Å². The van der Waals surface area contributed by atoms with Crippen LogP contribution < -0.4 is 19.0 Å². The molecule has 0 N–H and O–H groups in total. The fourth-order valence-electron chi connectivity index (χ4n) is 4.51. The summed E-state index contributed by atoms with van der Waals surface area (Å²) in [6.45, 7) is 6.12. The molecular formula is C28H23N5S3. The van der Waals surface area contributed by atoms with Crippen molar-refractivity contribution in [2.45, 2.75) is 20.8 Å². The molecule has 0 unspecified atom stereocenters. The number of benzene rings is 2. The fraction of sp³-hybridized carbons (Fsp3) is 0.179. The van der Waals surface area contributed by atoms with Crippen LogP contribution >= 0.6 is 34.0 Å². The average Bonchev–Trinajstić information content (AvgIpc) is 3.63. The van der Waals surface area contributed by atoms with Crippen molar-refractivity contribution in [3.8, 4) is 6.07 Å². The molecule has 0 radical (unpaired) electrons. The van der Waals surface area contributed by atoms with Gasteiger partial charge in [0.15, 0.2) is 4.66 Å². The lowest BCUT2D eigenvalue weighted by atomic mass is 10.1. The molecule has 36 heavy (non-hydrogen) atoms. The van der Waals surface area contributed by atoms with Gasteiger partial charge in [0, 0.05) is 33.2 Å². The summed E-state index contributed by atoms with van der Waals surface area (Å²) in [4.78, 5) is 4.62. The molecule has 0 fully saturated rings. The van der Waals surface area contributed by atoms with Crippen molar-refractivity contribution in [2.24, 2.45) is 0 Å². The van der Waals surface area contributed by atoms with Gasteiger partial charge in [0.2, 0.25) is 0 Å². The normalized spacial score (nSPS) is 13.9. The Labute approximate surface area is 220 Å². The molecule has 8 heteroatoms. The van der Waals surface area contributed by atoms with E-state index >= 15 is 0 Å². The standard InChI is InChI=1S/C28H23N5S3/c1-15-10-20-21(11-16(15)2)33(5)28(32(20)4)25-13-24-23(35-25)12-22(34-24)18-6-8-19(9-7-18)27-31-30-26(36-27)17(3)14-29/h6-13H,1-5H3/b22-18?,26-17-,27-19?. The minimum Gasteiger partial charge on any atom is -0.328 e. The number of rotatable bonds is 0. The van der Waals surface area contributed by atoms with Crippen molar-refractivity contribution < 1.29 is 0 Å². The first kappa shape index (κ1) is 22.9. The number of anilines is 2. The molecule has 5 nitrogen and oxygen atoms in total. The van der Waals surface area contributed by atoms with Crippen LogP contribution in [0.4, 0.5) is 11.4 Å². The van der Waals surface area contributed by atoms with E-state index in [9.17, 15) is 0 Å². The van der Waals surface area contributed by atoms with Crippen molar-refractivity contribution in [3.63, 3.8) is 0 Å². The Morgan fingerprint density at radius 3 is 1.94 bits per heavy atom. The molecule has 1 aliphatic heterocycles. The molecule has 0 spiro atoms. The van der Waals surface area contributed by atoms with Crippen molar-refractivity contribution >= 4 is 66.2 Å². The Balaban J connectivity index is 1.45. The summed E-state index contributed by atoms with van der Waals surface area (Å²) in [5, 5.41) is 19.7. The predicted octanol–water partition coefficient (Wildman–Crippen LogP) is 5.35. The van der Waals surface area contributed by atoms with Gasteiger partial charge in [-0.05, 0) is 61.4 Å². The van der Waals surface area contributed by atoms with E-state index in [1.807, 2.05) is 22.7 Å². The first-order chi connectivity index (χ1) is 17.3. The highest BCUT2D eigenvalue weighted by molar-refractivity contribution is 7.26. The third-order valence-electron chi connectivity index (χ3n) is 6.71. The highest BCUT2D eigenvalue weighted by Gasteiger charge is 2.28. The Hall–Kier alpha value is -3.51. The van der Waals surface area contributed by atoms with Crippen LogP contribution in [0.3, 0.4) is 0 Å². The van der Waals surface area contributed by atoms with Crippen LogP contribution in [0, 0.1) is 44.8 Å². The Morgan fingerprint density at radius 1 is 0.778 bits per heavy atom. The molecule has 5 aromatic rings. The lowest BCUT2D eigenvalue weighted by Crippen LogP contribution is -2.26.